The SMILES string of the molecule is NC(=S)N/N=C1\CCNc2ccc([N+](=O)[O-])cc21. The van der Waals surface area contributed by atoms with Crippen LogP contribution in [0.1, 0.15) is 12.0 Å². The molecule has 8 heteroatoms. The van der Waals surface area contributed by atoms with E-state index in [0.29, 0.717) is 24.2 Å². The summed E-state index contributed by atoms with van der Waals surface area (Å²) in [5, 5.41) is 18.0. The molecule has 1 aromatic carbocycles. The smallest absolute Gasteiger partial charge is 0.270 e. The normalized spacial score (nSPS) is 15.7. The van der Waals surface area contributed by atoms with E-state index >= 15 is 0 Å². The Morgan fingerprint density at radius 1 is 1.61 bits per heavy atom. The number of nitro groups is 1. The van der Waals surface area contributed by atoms with Crippen molar-refractivity contribution in [3.8, 4) is 0 Å². The Labute approximate surface area is 108 Å². The molecular weight excluding hydrogens is 254 g/mol. The largest absolute Gasteiger partial charge is 0.384 e. The van der Waals surface area contributed by atoms with Crippen LogP contribution in [-0.4, -0.2) is 22.3 Å². The van der Waals surface area contributed by atoms with Crippen molar-refractivity contribution in [3.63, 3.8) is 0 Å². The molecule has 7 nitrogen and oxygen atoms in total. The van der Waals surface area contributed by atoms with Gasteiger partial charge in [0.15, 0.2) is 5.11 Å². The van der Waals surface area contributed by atoms with Crippen LogP contribution in [0.5, 0.6) is 0 Å². The second-order valence-electron chi connectivity index (χ2n) is 3.70. The van der Waals surface area contributed by atoms with Crippen LogP contribution >= 0.6 is 12.2 Å². The lowest BCUT2D eigenvalue weighted by Crippen LogP contribution is -2.28. The molecule has 0 radical (unpaired) electrons. The number of fused-ring (bicyclic) bond motifs is 1. The maximum absolute atomic E-state index is 10.7. The van der Waals surface area contributed by atoms with E-state index in [9.17, 15) is 10.1 Å². The minimum atomic E-state index is -0.437. The number of hydrogen-bond acceptors (Lipinski definition) is 5. The summed E-state index contributed by atoms with van der Waals surface area (Å²) in [6.07, 6.45) is 0.643. The fraction of sp³-hybridized carbons (Fsp3) is 0.200. The lowest BCUT2D eigenvalue weighted by atomic mass is 10.0. The molecule has 0 saturated heterocycles. The first-order valence-corrected chi connectivity index (χ1v) is 5.63. The van der Waals surface area contributed by atoms with Crippen molar-refractivity contribution in [2.24, 2.45) is 10.8 Å². The second-order valence-corrected chi connectivity index (χ2v) is 4.14. The van der Waals surface area contributed by atoms with Gasteiger partial charge in [0, 0.05) is 36.3 Å². The maximum atomic E-state index is 10.7. The molecule has 0 amide bonds. The molecule has 0 fully saturated rings. The van der Waals surface area contributed by atoms with E-state index in [4.69, 9.17) is 5.73 Å². The van der Waals surface area contributed by atoms with Crippen molar-refractivity contribution in [1.82, 2.24) is 5.43 Å². The molecule has 0 saturated carbocycles. The molecule has 0 bridgehead atoms. The molecule has 0 aromatic heterocycles. The number of non-ortho nitro benzene ring substituents is 1. The molecule has 18 heavy (non-hydrogen) atoms. The summed E-state index contributed by atoms with van der Waals surface area (Å²) in [4.78, 5) is 10.3. The summed E-state index contributed by atoms with van der Waals surface area (Å²) in [7, 11) is 0. The Morgan fingerprint density at radius 2 is 2.39 bits per heavy atom. The van der Waals surface area contributed by atoms with Crippen molar-refractivity contribution in [2.75, 3.05) is 11.9 Å². The van der Waals surface area contributed by atoms with Crippen molar-refractivity contribution < 1.29 is 4.92 Å². The highest BCUT2D eigenvalue weighted by molar-refractivity contribution is 7.80. The third-order valence-electron chi connectivity index (χ3n) is 2.50. The van der Waals surface area contributed by atoms with Gasteiger partial charge >= 0.3 is 0 Å². The van der Waals surface area contributed by atoms with Gasteiger partial charge in [0.05, 0.1) is 10.6 Å². The first-order chi connectivity index (χ1) is 8.58. The highest BCUT2D eigenvalue weighted by Gasteiger charge is 2.18. The Bertz CT molecular complexity index is 543. The molecule has 0 unspecified atom stereocenters. The number of anilines is 1. The molecule has 1 aliphatic rings. The quantitative estimate of drug-likeness (QED) is 0.417. The van der Waals surface area contributed by atoms with Crippen molar-refractivity contribution in [2.45, 2.75) is 6.42 Å². The number of nitro benzene ring substituents is 1. The standard InChI is InChI=1S/C10H11N5O2S/c11-10(18)14-13-9-3-4-12-8-2-1-6(15(16)17)5-7(8)9/h1-2,5,12H,3-4H2,(H3,11,14,18)/b13-9+. The number of thiocarbonyl (C=S) groups is 1. The van der Waals surface area contributed by atoms with E-state index in [1.165, 1.54) is 12.1 Å². The molecule has 4 N–H and O–H groups in total. The maximum Gasteiger partial charge on any atom is 0.270 e. The average molecular weight is 265 g/mol. The van der Waals surface area contributed by atoms with Crippen LogP contribution in [0.2, 0.25) is 0 Å². The van der Waals surface area contributed by atoms with Gasteiger partial charge in [-0.2, -0.15) is 5.10 Å². The number of nitrogens with one attached hydrogen (secondary N) is 2. The highest BCUT2D eigenvalue weighted by Crippen LogP contribution is 2.26. The fourth-order valence-electron chi connectivity index (χ4n) is 1.73. The predicted octanol–water partition coefficient (Wildman–Crippen LogP) is 0.948. The number of hydrogen-bond donors (Lipinski definition) is 3. The second kappa shape index (κ2) is 4.96. The van der Waals surface area contributed by atoms with Gasteiger partial charge in [-0.15, -0.1) is 0 Å². The van der Waals surface area contributed by atoms with Gasteiger partial charge in [-0.1, -0.05) is 0 Å². The zero-order chi connectivity index (χ0) is 13.1. The van der Waals surface area contributed by atoms with Crippen LogP contribution in [-0.2, 0) is 0 Å². The van der Waals surface area contributed by atoms with E-state index in [2.05, 4.69) is 28.1 Å². The fourth-order valence-corrected chi connectivity index (χ4v) is 1.77. The van der Waals surface area contributed by atoms with Crippen LogP contribution in [0.3, 0.4) is 0 Å². The average Bonchev–Trinajstić information content (AvgIpc) is 2.35. The van der Waals surface area contributed by atoms with Gasteiger partial charge in [-0.25, -0.2) is 0 Å². The Morgan fingerprint density at radius 3 is 3.06 bits per heavy atom. The van der Waals surface area contributed by atoms with Crippen molar-refractivity contribution in [3.05, 3.63) is 33.9 Å². The number of nitrogens with two attached hydrogens (primary N) is 1. The number of rotatable bonds is 2. The minimum absolute atomic E-state index is 0.0282. The predicted molar refractivity (Wildman–Crippen MR) is 72.7 cm³/mol. The molecule has 1 heterocycles. The summed E-state index contributed by atoms with van der Waals surface area (Å²) in [5.41, 5.74) is 10.0. The molecule has 0 aliphatic carbocycles. The first kappa shape index (κ1) is 12.2. The van der Waals surface area contributed by atoms with Gasteiger partial charge in [0.1, 0.15) is 0 Å². The van der Waals surface area contributed by atoms with E-state index in [1.54, 1.807) is 6.07 Å². The molecule has 94 valence electrons. The minimum Gasteiger partial charge on any atom is -0.384 e. The number of benzene rings is 1. The van der Waals surface area contributed by atoms with Crippen LogP contribution in [0, 0.1) is 10.1 Å². The van der Waals surface area contributed by atoms with Crippen LogP contribution in [0.4, 0.5) is 11.4 Å². The van der Waals surface area contributed by atoms with E-state index < -0.39 is 4.92 Å². The van der Waals surface area contributed by atoms with Crippen molar-refractivity contribution >= 4 is 34.4 Å². The van der Waals surface area contributed by atoms with Crippen LogP contribution in [0.15, 0.2) is 23.3 Å². The monoisotopic (exact) mass is 265 g/mol. The lowest BCUT2D eigenvalue weighted by molar-refractivity contribution is -0.384. The zero-order valence-corrected chi connectivity index (χ0v) is 10.2. The van der Waals surface area contributed by atoms with Crippen molar-refractivity contribution in [1.29, 1.82) is 0 Å². The van der Waals surface area contributed by atoms with E-state index in [-0.39, 0.29) is 10.8 Å². The summed E-state index contributed by atoms with van der Waals surface area (Å²) >= 11 is 4.67. The molecule has 1 aliphatic heterocycles. The first-order valence-electron chi connectivity index (χ1n) is 5.22. The molecule has 0 spiro atoms. The highest BCUT2D eigenvalue weighted by atomic mass is 32.1. The number of hydrazone groups is 1. The topological polar surface area (TPSA) is 106 Å². The Balaban J connectivity index is 2.40. The molecule has 0 atom stereocenters. The summed E-state index contributed by atoms with van der Waals surface area (Å²) < 4.78 is 0. The van der Waals surface area contributed by atoms with Gasteiger partial charge in [0.2, 0.25) is 0 Å². The van der Waals surface area contributed by atoms with Crippen LogP contribution < -0.4 is 16.5 Å². The van der Waals surface area contributed by atoms with Gasteiger partial charge < -0.3 is 11.1 Å². The molecular formula is C10H11N5O2S. The van der Waals surface area contributed by atoms with Gasteiger partial charge in [-0.05, 0) is 18.3 Å². The summed E-state index contributed by atoms with van der Waals surface area (Å²) in [6, 6.07) is 4.61. The summed E-state index contributed by atoms with van der Waals surface area (Å²) in [5.74, 6) is 0. The summed E-state index contributed by atoms with van der Waals surface area (Å²) in [6.45, 7) is 0.711. The van der Waals surface area contributed by atoms with Gasteiger partial charge in [-0.3, -0.25) is 15.5 Å². The molecule has 2 rings (SSSR count). The third-order valence-corrected chi connectivity index (χ3v) is 2.59. The number of nitrogens with zero attached hydrogens (tertiary/aromatic N) is 2. The van der Waals surface area contributed by atoms with E-state index in [1.807, 2.05) is 0 Å². The van der Waals surface area contributed by atoms with E-state index in [0.717, 1.165) is 5.69 Å². The molecule has 1 aromatic rings. The van der Waals surface area contributed by atoms with Gasteiger partial charge in [0.25, 0.3) is 5.69 Å². The Kier molecular flexibility index (Phi) is 3.38. The lowest BCUT2D eigenvalue weighted by Gasteiger charge is -2.19. The third kappa shape index (κ3) is 2.54. The van der Waals surface area contributed by atoms with Crippen LogP contribution in [0.25, 0.3) is 0 Å². The Hall–Kier alpha value is -2.22. The zero-order valence-electron chi connectivity index (χ0n) is 9.34.